The molecule has 0 unspecified atom stereocenters. The number of nitrogens with one attached hydrogen (secondary N) is 1. The van der Waals surface area contributed by atoms with Gasteiger partial charge in [-0.1, -0.05) is 48.0 Å². The third-order valence-electron chi connectivity index (χ3n) is 4.63. The number of halogens is 1. The molecule has 4 rings (SSSR count). The van der Waals surface area contributed by atoms with E-state index in [1.54, 1.807) is 4.90 Å². The van der Waals surface area contributed by atoms with Crippen LogP contribution >= 0.6 is 22.9 Å². The van der Waals surface area contributed by atoms with Gasteiger partial charge in [0.15, 0.2) is 0 Å². The van der Waals surface area contributed by atoms with Gasteiger partial charge in [0.25, 0.3) is 0 Å². The molecule has 0 saturated heterocycles. The van der Waals surface area contributed by atoms with Crippen molar-refractivity contribution in [3.05, 3.63) is 74.8 Å². The molecule has 0 bridgehead atoms. The van der Waals surface area contributed by atoms with E-state index in [0.29, 0.717) is 15.6 Å². The minimum atomic E-state index is 0.157. The molecule has 6 heteroatoms. The lowest BCUT2D eigenvalue weighted by Gasteiger charge is -2.19. The van der Waals surface area contributed by atoms with Crippen LogP contribution in [0.25, 0.3) is 16.8 Å². The van der Waals surface area contributed by atoms with Crippen molar-refractivity contribution in [2.45, 2.75) is 13.8 Å². The Kier molecular flexibility index (Phi) is 4.50. The van der Waals surface area contributed by atoms with Gasteiger partial charge in [0.2, 0.25) is 0 Å². The number of aliphatic hydroxyl groups is 1. The normalized spacial score (nSPS) is 14.3. The SMILES string of the molecule is Cc1ccc(N2CC(O)=C(c3nc(-c4ccccc4)c(C)s3)C2=N)cc1Cl. The summed E-state index contributed by atoms with van der Waals surface area (Å²) in [4.78, 5) is 7.53. The number of aliphatic hydroxyl groups excluding tert-OH is 1. The van der Waals surface area contributed by atoms with Gasteiger partial charge >= 0.3 is 0 Å². The third kappa shape index (κ3) is 3.13. The van der Waals surface area contributed by atoms with Crippen molar-refractivity contribution < 1.29 is 5.11 Å². The number of aromatic nitrogens is 1. The Morgan fingerprint density at radius 2 is 1.89 bits per heavy atom. The maximum Gasteiger partial charge on any atom is 0.139 e. The van der Waals surface area contributed by atoms with Crippen LogP contribution in [0.5, 0.6) is 0 Å². The standard InChI is InChI=1S/C21H18ClN3OS/c1-12-8-9-15(10-16(12)22)25-11-17(26)18(20(25)23)21-24-19(13(2)27-21)14-6-4-3-5-7-14/h3-10,23,26H,11H2,1-2H3. The van der Waals surface area contributed by atoms with E-state index in [4.69, 9.17) is 22.0 Å². The molecule has 0 atom stereocenters. The van der Waals surface area contributed by atoms with E-state index in [1.165, 1.54) is 11.3 Å². The van der Waals surface area contributed by atoms with Crippen LogP contribution in [0.2, 0.25) is 5.02 Å². The smallest absolute Gasteiger partial charge is 0.139 e. The molecular formula is C21H18ClN3OS. The first-order chi connectivity index (χ1) is 13.0. The summed E-state index contributed by atoms with van der Waals surface area (Å²) in [5.74, 6) is 0.394. The minimum absolute atomic E-state index is 0.157. The lowest BCUT2D eigenvalue weighted by atomic mass is 10.1. The molecule has 0 radical (unpaired) electrons. The van der Waals surface area contributed by atoms with Gasteiger partial charge in [0, 0.05) is 21.2 Å². The van der Waals surface area contributed by atoms with Crippen molar-refractivity contribution >= 4 is 40.0 Å². The van der Waals surface area contributed by atoms with Crippen LogP contribution in [0.1, 0.15) is 15.4 Å². The molecule has 4 nitrogen and oxygen atoms in total. The average Bonchev–Trinajstić information content (AvgIpc) is 3.17. The first kappa shape index (κ1) is 17.8. The number of hydrogen-bond donors (Lipinski definition) is 2. The Labute approximate surface area is 166 Å². The summed E-state index contributed by atoms with van der Waals surface area (Å²) in [6, 6.07) is 15.6. The van der Waals surface area contributed by atoms with Gasteiger partial charge in [-0.2, -0.15) is 0 Å². The summed E-state index contributed by atoms with van der Waals surface area (Å²) in [7, 11) is 0. The molecule has 136 valence electrons. The fourth-order valence-corrected chi connectivity index (χ4v) is 4.32. The number of thiazole rings is 1. The summed E-state index contributed by atoms with van der Waals surface area (Å²) in [6.45, 7) is 4.19. The quantitative estimate of drug-likeness (QED) is 0.585. The van der Waals surface area contributed by atoms with Crippen LogP contribution in [-0.4, -0.2) is 22.5 Å². The van der Waals surface area contributed by atoms with Crippen molar-refractivity contribution in [1.29, 1.82) is 5.41 Å². The van der Waals surface area contributed by atoms with Gasteiger partial charge in [-0.15, -0.1) is 11.3 Å². The topological polar surface area (TPSA) is 60.2 Å². The summed E-state index contributed by atoms with van der Waals surface area (Å²) >= 11 is 7.73. The molecule has 27 heavy (non-hydrogen) atoms. The second-order valence-electron chi connectivity index (χ2n) is 6.48. The van der Waals surface area contributed by atoms with E-state index < -0.39 is 0 Å². The molecule has 1 aliphatic rings. The predicted molar refractivity (Wildman–Crippen MR) is 113 cm³/mol. The number of hydrogen-bond acceptors (Lipinski definition) is 4. The van der Waals surface area contributed by atoms with Crippen LogP contribution < -0.4 is 4.90 Å². The lowest BCUT2D eigenvalue weighted by molar-refractivity contribution is 0.411. The first-order valence-corrected chi connectivity index (χ1v) is 9.73. The van der Waals surface area contributed by atoms with Gasteiger partial charge in [-0.3, -0.25) is 5.41 Å². The molecule has 2 N–H and O–H groups in total. The average molecular weight is 396 g/mol. The minimum Gasteiger partial charge on any atom is -0.510 e. The number of aryl methyl sites for hydroxylation is 2. The maximum atomic E-state index is 10.6. The van der Waals surface area contributed by atoms with E-state index in [-0.39, 0.29) is 18.1 Å². The highest BCUT2D eigenvalue weighted by molar-refractivity contribution is 7.13. The lowest BCUT2D eigenvalue weighted by Crippen LogP contribution is -2.26. The van der Waals surface area contributed by atoms with E-state index in [0.717, 1.165) is 27.4 Å². The highest BCUT2D eigenvalue weighted by Crippen LogP contribution is 2.37. The number of benzene rings is 2. The van der Waals surface area contributed by atoms with Gasteiger partial charge in [0.1, 0.15) is 16.6 Å². The maximum absolute atomic E-state index is 10.6. The van der Waals surface area contributed by atoms with Crippen molar-refractivity contribution in [2.24, 2.45) is 0 Å². The Hall–Kier alpha value is -2.63. The second kappa shape index (κ2) is 6.83. The van der Waals surface area contributed by atoms with Crippen LogP contribution in [0.3, 0.4) is 0 Å². The van der Waals surface area contributed by atoms with Crippen LogP contribution in [-0.2, 0) is 0 Å². The van der Waals surface area contributed by atoms with Crippen LogP contribution in [0, 0.1) is 19.3 Å². The number of anilines is 1. The highest BCUT2D eigenvalue weighted by atomic mass is 35.5. The Bertz CT molecular complexity index is 1070. The fourth-order valence-electron chi connectivity index (χ4n) is 3.14. The van der Waals surface area contributed by atoms with E-state index >= 15 is 0 Å². The van der Waals surface area contributed by atoms with Crippen molar-refractivity contribution in [3.63, 3.8) is 0 Å². The Morgan fingerprint density at radius 1 is 1.15 bits per heavy atom. The van der Waals surface area contributed by atoms with Crippen molar-refractivity contribution in [2.75, 3.05) is 11.4 Å². The Morgan fingerprint density at radius 3 is 2.59 bits per heavy atom. The molecule has 2 aromatic carbocycles. The second-order valence-corrected chi connectivity index (χ2v) is 8.09. The molecule has 0 amide bonds. The highest BCUT2D eigenvalue weighted by Gasteiger charge is 2.32. The third-order valence-corrected chi connectivity index (χ3v) is 6.02. The molecule has 1 aliphatic heterocycles. The summed E-state index contributed by atoms with van der Waals surface area (Å²) in [5.41, 5.74) is 4.17. The Balaban J connectivity index is 1.69. The molecule has 3 aromatic rings. The van der Waals surface area contributed by atoms with Gasteiger partial charge in [-0.25, -0.2) is 4.98 Å². The predicted octanol–water partition coefficient (Wildman–Crippen LogP) is 5.85. The molecule has 0 spiro atoms. The zero-order valence-corrected chi connectivity index (χ0v) is 16.5. The zero-order valence-electron chi connectivity index (χ0n) is 15.0. The number of rotatable bonds is 3. The van der Waals surface area contributed by atoms with E-state index in [9.17, 15) is 5.11 Å². The van der Waals surface area contributed by atoms with Gasteiger partial charge < -0.3 is 10.0 Å². The first-order valence-electron chi connectivity index (χ1n) is 8.53. The van der Waals surface area contributed by atoms with Crippen LogP contribution in [0.15, 0.2) is 54.3 Å². The molecule has 1 aromatic heterocycles. The molecule has 0 saturated carbocycles. The molecule has 2 heterocycles. The molecule has 0 fully saturated rings. The largest absolute Gasteiger partial charge is 0.510 e. The summed E-state index contributed by atoms with van der Waals surface area (Å²) in [6.07, 6.45) is 0. The van der Waals surface area contributed by atoms with E-state index in [2.05, 4.69) is 0 Å². The van der Waals surface area contributed by atoms with E-state index in [1.807, 2.05) is 62.4 Å². The summed E-state index contributed by atoms with van der Waals surface area (Å²) in [5, 5.41) is 20.5. The molecule has 0 aliphatic carbocycles. The van der Waals surface area contributed by atoms with Crippen LogP contribution in [0.4, 0.5) is 5.69 Å². The number of amidine groups is 1. The molecular weight excluding hydrogens is 378 g/mol. The monoisotopic (exact) mass is 395 g/mol. The fraction of sp³-hybridized carbons (Fsp3) is 0.143. The van der Waals surface area contributed by atoms with Crippen molar-refractivity contribution in [3.8, 4) is 11.3 Å². The number of nitrogens with zero attached hydrogens (tertiary/aromatic N) is 2. The summed E-state index contributed by atoms with van der Waals surface area (Å²) < 4.78 is 0. The zero-order chi connectivity index (χ0) is 19.1. The van der Waals surface area contributed by atoms with Crippen molar-refractivity contribution in [1.82, 2.24) is 4.98 Å². The van der Waals surface area contributed by atoms with Gasteiger partial charge in [-0.05, 0) is 31.5 Å². The van der Waals surface area contributed by atoms with Gasteiger partial charge in [0.05, 0.1) is 17.8 Å².